The molecular weight excluding hydrogens is 521 g/mol. The molecule has 192 valence electrons. The summed E-state index contributed by atoms with van der Waals surface area (Å²) in [5, 5.41) is 5.21. The lowest BCUT2D eigenvalue weighted by atomic mass is 10.0. The lowest BCUT2D eigenvalue weighted by Crippen LogP contribution is -2.52. The van der Waals surface area contributed by atoms with Gasteiger partial charge in [0.1, 0.15) is 12.6 Å². The van der Waals surface area contributed by atoms with E-state index >= 15 is 0 Å². The van der Waals surface area contributed by atoms with Crippen LogP contribution in [0.5, 0.6) is 0 Å². The monoisotopic (exact) mass is 545 g/mol. The number of nitrogens with one attached hydrogen (secondary N) is 1. The molecule has 1 heterocycles. The van der Waals surface area contributed by atoms with Crippen molar-refractivity contribution in [1.29, 1.82) is 0 Å². The van der Waals surface area contributed by atoms with Crippen LogP contribution >= 0.6 is 23.2 Å². The van der Waals surface area contributed by atoms with Crippen LogP contribution in [0, 0.1) is 0 Å². The normalized spacial score (nSPS) is 13.0. The second-order valence-corrected chi connectivity index (χ2v) is 9.98. The van der Waals surface area contributed by atoms with Crippen LogP contribution < -0.4 is 10.2 Å². The van der Waals surface area contributed by atoms with Gasteiger partial charge in [0, 0.05) is 31.0 Å². The molecule has 1 N–H and O–H groups in total. The Kier molecular flexibility index (Phi) is 7.36. The smallest absolute Gasteiger partial charge is 0.259 e. The average molecular weight is 546 g/mol. The molecule has 0 radical (unpaired) electrons. The van der Waals surface area contributed by atoms with E-state index in [1.165, 1.54) is 9.80 Å². The predicted octanol–water partition coefficient (Wildman–Crippen LogP) is 5.49. The molecule has 0 aromatic heterocycles. The van der Waals surface area contributed by atoms with Crippen molar-refractivity contribution >= 4 is 57.4 Å². The van der Waals surface area contributed by atoms with Gasteiger partial charge >= 0.3 is 0 Å². The lowest BCUT2D eigenvalue weighted by Gasteiger charge is -2.32. The van der Waals surface area contributed by atoms with Crippen molar-refractivity contribution in [3.8, 4) is 0 Å². The van der Waals surface area contributed by atoms with Crippen LogP contribution in [0.4, 0.5) is 5.69 Å². The zero-order chi connectivity index (χ0) is 26.8. The first-order valence-electron chi connectivity index (χ1n) is 12.2. The molecule has 4 aromatic carbocycles. The molecule has 1 aliphatic heterocycles. The number of nitrogens with zero attached hydrogens (tertiary/aromatic N) is 2. The van der Waals surface area contributed by atoms with Gasteiger partial charge in [-0.25, -0.2) is 0 Å². The number of hydrogen-bond acceptors (Lipinski definition) is 3. The summed E-state index contributed by atoms with van der Waals surface area (Å²) in [6.07, 6.45) is 0.303. The van der Waals surface area contributed by atoms with Crippen molar-refractivity contribution in [2.24, 2.45) is 0 Å². The number of anilines is 1. The molecule has 0 spiro atoms. The number of hydrogen-bond donors (Lipinski definition) is 1. The van der Waals surface area contributed by atoms with Crippen LogP contribution in [0.3, 0.4) is 0 Å². The van der Waals surface area contributed by atoms with E-state index in [-0.39, 0.29) is 30.8 Å². The highest BCUT2D eigenvalue weighted by Gasteiger charge is 2.35. The van der Waals surface area contributed by atoms with Crippen LogP contribution in [0.25, 0.3) is 10.8 Å². The Hall–Kier alpha value is -3.87. The highest BCUT2D eigenvalue weighted by molar-refractivity contribution is 6.42. The Morgan fingerprint density at radius 3 is 2.34 bits per heavy atom. The van der Waals surface area contributed by atoms with Gasteiger partial charge in [0.2, 0.25) is 11.8 Å². The SMILES string of the molecule is CNC(=O)[C@@H](Cc1ccccc1)N(Cc1ccc(Cl)c(Cl)c1)C(=O)CN1C(=O)c2cccc3cccc1c23. The maximum Gasteiger partial charge on any atom is 0.259 e. The van der Waals surface area contributed by atoms with Crippen molar-refractivity contribution in [2.45, 2.75) is 19.0 Å². The summed E-state index contributed by atoms with van der Waals surface area (Å²) in [4.78, 5) is 43.6. The van der Waals surface area contributed by atoms with Gasteiger partial charge in [-0.2, -0.15) is 0 Å². The van der Waals surface area contributed by atoms with Gasteiger partial charge in [-0.3, -0.25) is 19.3 Å². The molecule has 0 bridgehead atoms. The van der Waals surface area contributed by atoms with E-state index in [0.717, 1.165) is 16.3 Å². The zero-order valence-electron chi connectivity index (χ0n) is 20.7. The molecular formula is C30H25Cl2N3O3. The molecule has 5 rings (SSSR count). The van der Waals surface area contributed by atoms with E-state index in [1.807, 2.05) is 60.7 Å². The molecule has 0 unspecified atom stereocenters. The molecule has 8 heteroatoms. The Labute approximate surface area is 230 Å². The standard InChI is InChI=1S/C30H25Cl2N3O3/c1-33-29(37)26(16-19-7-3-2-4-8-19)34(17-20-13-14-23(31)24(32)15-20)27(36)18-35-25-12-6-10-21-9-5-11-22(28(21)25)30(35)38/h2-15,26H,16-18H2,1H3,(H,33,37)/t26-/m1/s1. The van der Waals surface area contributed by atoms with Crippen LogP contribution in [-0.4, -0.2) is 42.3 Å². The van der Waals surface area contributed by atoms with Crippen LogP contribution in [-0.2, 0) is 22.6 Å². The van der Waals surface area contributed by atoms with Crippen molar-refractivity contribution in [3.63, 3.8) is 0 Å². The second-order valence-electron chi connectivity index (χ2n) is 9.16. The van der Waals surface area contributed by atoms with Crippen molar-refractivity contribution in [2.75, 3.05) is 18.5 Å². The van der Waals surface area contributed by atoms with Crippen molar-refractivity contribution in [1.82, 2.24) is 10.2 Å². The number of likely N-dealkylation sites (N-methyl/N-ethyl adjacent to an activating group) is 1. The number of rotatable bonds is 8. The Morgan fingerprint density at radius 1 is 0.895 bits per heavy atom. The highest BCUT2D eigenvalue weighted by atomic mass is 35.5. The summed E-state index contributed by atoms with van der Waals surface area (Å²) in [7, 11) is 1.55. The third kappa shape index (κ3) is 4.97. The summed E-state index contributed by atoms with van der Waals surface area (Å²) in [6, 6.07) is 25.0. The fourth-order valence-corrected chi connectivity index (χ4v) is 5.24. The third-order valence-electron chi connectivity index (χ3n) is 6.80. The topological polar surface area (TPSA) is 69.7 Å². The first-order valence-corrected chi connectivity index (χ1v) is 13.0. The number of amides is 3. The van der Waals surface area contributed by atoms with E-state index < -0.39 is 6.04 Å². The van der Waals surface area contributed by atoms with Gasteiger partial charge in [0.15, 0.2) is 0 Å². The van der Waals surface area contributed by atoms with Crippen LogP contribution in [0.1, 0.15) is 21.5 Å². The first kappa shape index (κ1) is 25.8. The van der Waals surface area contributed by atoms with Crippen molar-refractivity contribution < 1.29 is 14.4 Å². The van der Waals surface area contributed by atoms with Crippen LogP contribution in [0.15, 0.2) is 84.9 Å². The molecule has 3 amide bonds. The summed E-state index contributed by atoms with van der Waals surface area (Å²) in [5.41, 5.74) is 2.87. The number of benzene rings is 4. The summed E-state index contributed by atoms with van der Waals surface area (Å²) >= 11 is 12.4. The lowest BCUT2D eigenvalue weighted by molar-refractivity contribution is -0.140. The van der Waals surface area contributed by atoms with E-state index in [4.69, 9.17) is 23.2 Å². The predicted molar refractivity (Wildman–Crippen MR) is 151 cm³/mol. The van der Waals surface area contributed by atoms with E-state index in [9.17, 15) is 14.4 Å². The number of halogens is 2. The van der Waals surface area contributed by atoms with Gasteiger partial charge in [-0.15, -0.1) is 0 Å². The van der Waals surface area contributed by atoms with E-state index in [1.54, 1.807) is 31.3 Å². The fraction of sp³-hybridized carbons (Fsp3) is 0.167. The molecule has 38 heavy (non-hydrogen) atoms. The van der Waals surface area contributed by atoms with Gasteiger partial charge in [0.05, 0.1) is 15.7 Å². The average Bonchev–Trinajstić information content (AvgIpc) is 3.20. The van der Waals surface area contributed by atoms with E-state index in [0.29, 0.717) is 33.3 Å². The first-order chi connectivity index (χ1) is 18.4. The molecule has 4 aromatic rings. The van der Waals surface area contributed by atoms with Gasteiger partial charge in [0.25, 0.3) is 5.91 Å². The Bertz CT molecular complexity index is 1540. The second kappa shape index (κ2) is 10.9. The Morgan fingerprint density at radius 2 is 1.63 bits per heavy atom. The molecule has 0 fully saturated rings. The molecule has 1 aliphatic rings. The van der Waals surface area contributed by atoms with Crippen molar-refractivity contribution in [3.05, 3.63) is 112 Å². The number of carbonyl (C=O) groups is 3. The highest BCUT2D eigenvalue weighted by Crippen LogP contribution is 2.37. The molecule has 0 saturated heterocycles. The summed E-state index contributed by atoms with van der Waals surface area (Å²) < 4.78 is 0. The molecule has 0 aliphatic carbocycles. The minimum Gasteiger partial charge on any atom is -0.357 e. The summed E-state index contributed by atoms with van der Waals surface area (Å²) in [6.45, 7) is -0.101. The van der Waals surface area contributed by atoms with Gasteiger partial charge in [-0.05, 0) is 40.8 Å². The Balaban J connectivity index is 1.51. The number of carbonyl (C=O) groups excluding carboxylic acids is 3. The molecule has 1 atom stereocenters. The molecule has 6 nitrogen and oxygen atoms in total. The maximum absolute atomic E-state index is 14.0. The summed E-state index contributed by atoms with van der Waals surface area (Å²) in [5.74, 6) is -0.904. The van der Waals surface area contributed by atoms with Crippen LogP contribution in [0.2, 0.25) is 10.0 Å². The zero-order valence-corrected chi connectivity index (χ0v) is 22.2. The van der Waals surface area contributed by atoms with Gasteiger partial charge < -0.3 is 10.2 Å². The minimum absolute atomic E-state index is 0.111. The quantitative estimate of drug-likeness (QED) is 0.318. The molecule has 0 saturated carbocycles. The third-order valence-corrected chi connectivity index (χ3v) is 7.54. The minimum atomic E-state index is -0.819. The van der Waals surface area contributed by atoms with E-state index in [2.05, 4.69) is 5.32 Å². The van der Waals surface area contributed by atoms with Gasteiger partial charge in [-0.1, -0.05) is 83.9 Å². The fourth-order valence-electron chi connectivity index (χ4n) is 4.92. The largest absolute Gasteiger partial charge is 0.357 e. The maximum atomic E-state index is 14.0.